The molecule has 1 saturated heterocycles. The van der Waals surface area contributed by atoms with Crippen LogP contribution in [0.3, 0.4) is 0 Å². The second-order valence-corrected chi connectivity index (χ2v) is 7.27. The molecular weight excluding hydrogens is 401 g/mol. The van der Waals surface area contributed by atoms with Crippen molar-refractivity contribution in [2.45, 2.75) is 19.6 Å². The highest BCUT2D eigenvalue weighted by atomic mass is 35.5. The van der Waals surface area contributed by atoms with Gasteiger partial charge in [-0.05, 0) is 36.8 Å². The summed E-state index contributed by atoms with van der Waals surface area (Å²) >= 11 is 12.3. The maximum absolute atomic E-state index is 11.7. The van der Waals surface area contributed by atoms with Gasteiger partial charge in [0.05, 0.1) is 25.9 Å². The molecule has 0 bridgehead atoms. The summed E-state index contributed by atoms with van der Waals surface area (Å²) in [6.45, 7) is 4.73. The van der Waals surface area contributed by atoms with Gasteiger partial charge in [-0.25, -0.2) is 0 Å². The minimum Gasteiger partial charge on any atom is -0.489 e. The SMILES string of the molecule is CCOC(=O)CN1CCOC(c2ccc(OCc3c(Cl)cccc3Cl)cc2)C1. The topological polar surface area (TPSA) is 48.0 Å². The quantitative estimate of drug-likeness (QED) is 0.613. The Hall–Kier alpha value is -1.79. The molecule has 1 unspecified atom stereocenters. The summed E-state index contributed by atoms with van der Waals surface area (Å²) in [6, 6.07) is 13.1. The molecule has 2 aromatic rings. The van der Waals surface area contributed by atoms with Crippen LogP contribution in [0.1, 0.15) is 24.2 Å². The van der Waals surface area contributed by atoms with Crippen molar-refractivity contribution in [2.24, 2.45) is 0 Å². The van der Waals surface area contributed by atoms with Gasteiger partial charge in [0.1, 0.15) is 12.4 Å². The highest BCUT2D eigenvalue weighted by Gasteiger charge is 2.23. The zero-order valence-electron chi connectivity index (χ0n) is 15.7. The van der Waals surface area contributed by atoms with Gasteiger partial charge in [0.25, 0.3) is 0 Å². The first kappa shape index (κ1) is 20.9. The molecule has 0 spiro atoms. The summed E-state index contributed by atoms with van der Waals surface area (Å²) in [6.07, 6.45) is -0.0877. The molecule has 0 N–H and O–H groups in total. The van der Waals surface area contributed by atoms with Crippen molar-refractivity contribution < 1.29 is 19.0 Å². The van der Waals surface area contributed by atoms with Crippen LogP contribution in [0.5, 0.6) is 5.75 Å². The van der Waals surface area contributed by atoms with E-state index in [2.05, 4.69) is 4.90 Å². The van der Waals surface area contributed by atoms with Crippen LogP contribution in [0.25, 0.3) is 0 Å². The number of halogens is 2. The maximum Gasteiger partial charge on any atom is 0.320 e. The van der Waals surface area contributed by atoms with E-state index in [9.17, 15) is 4.79 Å². The van der Waals surface area contributed by atoms with Gasteiger partial charge in [0.2, 0.25) is 0 Å². The number of carbonyl (C=O) groups excluding carboxylic acids is 1. The molecule has 1 atom stereocenters. The molecule has 28 heavy (non-hydrogen) atoms. The number of morpholine rings is 1. The van der Waals surface area contributed by atoms with E-state index in [0.29, 0.717) is 36.4 Å². The standard InChI is InChI=1S/C21H23Cl2NO4/c1-2-26-21(25)13-24-10-11-27-20(12-24)15-6-8-16(9-7-15)28-14-17-18(22)4-3-5-19(17)23/h3-9,20H,2,10-14H2,1H3. The van der Waals surface area contributed by atoms with Gasteiger partial charge in [0.15, 0.2) is 0 Å². The highest BCUT2D eigenvalue weighted by molar-refractivity contribution is 6.35. The van der Waals surface area contributed by atoms with E-state index < -0.39 is 0 Å². The number of hydrogen-bond donors (Lipinski definition) is 0. The predicted octanol–water partition coefficient (Wildman–Crippen LogP) is 4.51. The van der Waals surface area contributed by atoms with Crippen molar-refractivity contribution in [3.63, 3.8) is 0 Å². The molecule has 150 valence electrons. The van der Waals surface area contributed by atoms with E-state index in [1.807, 2.05) is 31.2 Å². The normalized spacial score (nSPS) is 17.3. The third-order valence-electron chi connectivity index (χ3n) is 4.51. The minimum absolute atomic E-state index is 0.0877. The zero-order valence-corrected chi connectivity index (χ0v) is 17.2. The average molecular weight is 424 g/mol. The van der Waals surface area contributed by atoms with Crippen LogP contribution in [0, 0.1) is 0 Å². The Labute approximate surface area is 175 Å². The van der Waals surface area contributed by atoms with Crippen LogP contribution in [-0.4, -0.2) is 43.7 Å². The van der Waals surface area contributed by atoms with Gasteiger partial charge >= 0.3 is 5.97 Å². The molecular formula is C21H23Cl2NO4. The Morgan fingerprint density at radius 1 is 1.18 bits per heavy atom. The second kappa shape index (κ2) is 10.1. The molecule has 5 nitrogen and oxygen atoms in total. The van der Waals surface area contributed by atoms with Crippen LogP contribution >= 0.6 is 23.2 Å². The maximum atomic E-state index is 11.7. The van der Waals surface area contributed by atoms with Crippen LogP contribution in [-0.2, 0) is 20.9 Å². The molecule has 1 aliphatic heterocycles. The molecule has 0 saturated carbocycles. The zero-order chi connectivity index (χ0) is 19.9. The highest BCUT2D eigenvalue weighted by Crippen LogP contribution is 2.27. The largest absolute Gasteiger partial charge is 0.489 e. The number of esters is 1. The predicted molar refractivity (Wildman–Crippen MR) is 109 cm³/mol. The van der Waals surface area contributed by atoms with E-state index >= 15 is 0 Å². The summed E-state index contributed by atoms with van der Waals surface area (Å²) in [5.41, 5.74) is 1.80. The van der Waals surface area contributed by atoms with Crippen LogP contribution < -0.4 is 4.74 Å². The van der Waals surface area contributed by atoms with Crippen LogP contribution in [0.2, 0.25) is 10.0 Å². The molecule has 2 aromatic carbocycles. The van der Waals surface area contributed by atoms with Gasteiger partial charge in [-0.15, -0.1) is 0 Å². The number of hydrogen-bond acceptors (Lipinski definition) is 5. The lowest BCUT2D eigenvalue weighted by molar-refractivity contribution is -0.146. The van der Waals surface area contributed by atoms with Gasteiger partial charge in [-0.3, -0.25) is 9.69 Å². The van der Waals surface area contributed by atoms with E-state index in [1.165, 1.54) is 0 Å². The number of benzene rings is 2. The molecule has 1 heterocycles. The average Bonchev–Trinajstić information content (AvgIpc) is 2.68. The third-order valence-corrected chi connectivity index (χ3v) is 5.21. The summed E-state index contributed by atoms with van der Waals surface area (Å²) < 4.78 is 16.7. The summed E-state index contributed by atoms with van der Waals surface area (Å²) in [7, 11) is 0. The van der Waals surface area contributed by atoms with E-state index in [0.717, 1.165) is 23.4 Å². The molecule has 3 rings (SSSR count). The molecule has 1 fully saturated rings. The van der Waals surface area contributed by atoms with E-state index in [4.69, 9.17) is 37.4 Å². The fourth-order valence-corrected chi connectivity index (χ4v) is 3.55. The number of ether oxygens (including phenoxy) is 3. The van der Waals surface area contributed by atoms with Crippen molar-refractivity contribution in [1.82, 2.24) is 4.90 Å². The summed E-state index contributed by atoms with van der Waals surface area (Å²) in [4.78, 5) is 13.7. The van der Waals surface area contributed by atoms with Crippen molar-refractivity contribution in [1.29, 1.82) is 0 Å². The van der Waals surface area contributed by atoms with Gasteiger partial charge in [-0.2, -0.15) is 0 Å². The molecule has 1 aliphatic rings. The van der Waals surface area contributed by atoms with Crippen LogP contribution in [0.15, 0.2) is 42.5 Å². The fourth-order valence-electron chi connectivity index (χ4n) is 3.04. The first-order valence-corrected chi connectivity index (χ1v) is 9.97. The van der Waals surface area contributed by atoms with Gasteiger partial charge < -0.3 is 14.2 Å². The van der Waals surface area contributed by atoms with Gasteiger partial charge in [0, 0.05) is 28.7 Å². The van der Waals surface area contributed by atoms with Crippen molar-refractivity contribution >= 4 is 29.2 Å². The molecule has 0 aromatic heterocycles. The Kier molecular flexibility index (Phi) is 7.57. The Balaban J connectivity index is 1.57. The Morgan fingerprint density at radius 3 is 2.57 bits per heavy atom. The molecule has 0 aliphatic carbocycles. The lowest BCUT2D eigenvalue weighted by Crippen LogP contribution is -2.41. The van der Waals surface area contributed by atoms with E-state index in [-0.39, 0.29) is 18.6 Å². The third kappa shape index (κ3) is 5.61. The number of carbonyl (C=O) groups is 1. The lowest BCUT2D eigenvalue weighted by atomic mass is 10.1. The Bertz CT molecular complexity index is 777. The van der Waals surface area contributed by atoms with Crippen molar-refractivity contribution in [3.05, 3.63) is 63.6 Å². The number of rotatable bonds is 7. The van der Waals surface area contributed by atoms with Crippen LogP contribution in [0.4, 0.5) is 0 Å². The monoisotopic (exact) mass is 423 g/mol. The summed E-state index contributed by atoms with van der Waals surface area (Å²) in [5.74, 6) is 0.518. The molecule has 0 radical (unpaired) electrons. The fraction of sp³-hybridized carbons (Fsp3) is 0.381. The first-order chi connectivity index (χ1) is 13.6. The van der Waals surface area contributed by atoms with Gasteiger partial charge in [-0.1, -0.05) is 41.4 Å². The lowest BCUT2D eigenvalue weighted by Gasteiger charge is -2.32. The molecule has 7 heteroatoms. The second-order valence-electron chi connectivity index (χ2n) is 6.46. The van der Waals surface area contributed by atoms with E-state index in [1.54, 1.807) is 18.2 Å². The smallest absolute Gasteiger partial charge is 0.320 e. The first-order valence-electron chi connectivity index (χ1n) is 9.22. The number of nitrogens with zero attached hydrogens (tertiary/aromatic N) is 1. The van der Waals surface area contributed by atoms with Crippen molar-refractivity contribution in [3.8, 4) is 5.75 Å². The minimum atomic E-state index is -0.204. The molecule has 0 amide bonds. The van der Waals surface area contributed by atoms with Crippen molar-refractivity contribution in [2.75, 3.05) is 32.8 Å². The summed E-state index contributed by atoms with van der Waals surface area (Å²) in [5, 5.41) is 1.17. The Morgan fingerprint density at radius 2 is 1.89 bits per heavy atom.